The zero-order chi connectivity index (χ0) is 15.7. The number of nitrogens with one attached hydrogen (secondary N) is 1. The van der Waals surface area contributed by atoms with Gasteiger partial charge in [0, 0.05) is 44.2 Å². The number of carbonyl (C=O) groups excluding carboxylic acids is 2. The first-order valence-corrected chi connectivity index (χ1v) is 8.63. The molecule has 0 spiro atoms. The third-order valence-electron chi connectivity index (χ3n) is 5.30. The van der Waals surface area contributed by atoms with Crippen LogP contribution < -0.4 is 11.1 Å². The van der Waals surface area contributed by atoms with Gasteiger partial charge in [-0.25, -0.2) is 0 Å². The zero-order valence-corrected chi connectivity index (χ0v) is 15.9. The van der Waals surface area contributed by atoms with Crippen LogP contribution in [0.5, 0.6) is 0 Å². The molecular weight excluding hydrogens is 351 g/mol. The molecule has 0 aromatic carbocycles. The molecule has 8 heteroatoms. The van der Waals surface area contributed by atoms with Gasteiger partial charge in [-0.3, -0.25) is 14.5 Å². The molecule has 3 atom stereocenters. The third kappa shape index (κ3) is 5.22. The molecule has 3 aliphatic rings. The van der Waals surface area contributed by atoms with E-state index in [2.05, 4.69) is 10.2 Å². The Balaban J connectivity index is 0.00000144. The summed E-state index contributed by atoms with van der Waals surface area (Å²) in [5, 5.41) is 3.06. The first-order chi connectivity index (χ1) is 10.5. The molecule has 3 N–H and O–H groups in total. The summed E-state index contributed by atoms with van der Waals surface area (Å²) in [6, 6.07) is 0.503. The van der Waals surface area contributed by atoms with Crippen molar-refractivity contribution in [1.82, 2.24) is 15.1 Å². The van der Waals surface area contributed by atoms with Crippen molar-refractivity contribution in [3.05, 3.63) is 0 Å². The first-order valence-electron chi connectivity index (χ1n) is 8.63. The highest BCUT2D eigenvalue weighted by molar-refractivity contribution is 5.85. The Labute approximate surface area is 156 Å². The Bertz CT molecular complexity index is 440. The average Bonchev–Trinajstić information content (AvgIpc) is 3.24. The predicted octanol–water partition coefficient (Wildman–Crippen LogP) is 0.769. The molecule has 3 fully saturated rings. The van der Waals surface area contributed by atoms with E-state index in [9.17, 15) is 9.59 Å². The van der Waals surface area contributed by atoms with Gasteiger partial charge in [-0.2, -0.15) is 0 Å². The first kappa shape index (κ1) is 21.5. The topological polar surface area (TPSA) is 78.7 Å². The van der Waals surface area contributed by atoms with Crippen molar-refractivity contribution in [3.8, 4) is 0 Å². The number of hydrogen-bond acceptors (Lipinski definition) is 4. The van der Waals surface area contributed by atoms with Crippen LogP contribution in [-0.2, 0) is 9.59 Å². The lowest BCUT2D eigenvalue weighted by atomic mass is 10.1. The molecule has 1 saturated heterocycles. The summed E-state index contributed by atoms with van der Waals surface area (Å²) in [4.78, 5) is 28.7. The summed E-state index contributed by atoms with van der Waals surface area (Å²) in [6.07, 6.45) is 4.96. The Hall–Kier alpha value is -0.560. The molecule has 2 aliphatic carbocycles. The van der Waals surface area contributed by atoms with E-state index < -0.39 is 0 Å². The molecule has 1 aliphatic heterocycles. The molecule has 24 heavy (non-hydrogen) atoms. The zero-order valence-electron chi connectivity index (χ0n) is 14.3. The van der Waals surface area contributed by atoms with Crippen LogP contribution >= 0.6 is 24.8 Å². The minimum absolute atomic E-state index is 0. The summed E-state index contributed by atoms with van der Waals surface area (Å²) in [6.45, 7) is 4.98. The summed E-state index contributed by atoms with van der Waals surface area (Å²) in [5.41, 5.74) is 5.91. The van der Waals surface area contributed by atoms with Crippen molar-refractivity contribution >= 4 is 36.6 Å². The van der Waals surface area contributed by atoms with Crippen LogP contribution in [0.4, 0.5) is 0 Å². The van der Waals surface area contributed by atoms with Crippen molar-refractivity contribution < 1.29 is 9.59 Å². The second-order valence-corrected chi connectivity index (χ2v) is 7.09. The van der Waals surface area contributed by atoms with E-state index in [0.29, 0.717) is 6.04 Å². The predicted molar refractivity (Wildman–Crippen MR) is 98.6 cm³/mol. The van der Waals surface area contributed by atoms with Crippen molar-refractivity contribution in [2.45, 2.75) is 57.2 Å². The summed E-state index contributed by atoms with van der Waals surface area (Å²) in [5.74, 6) is 0.517. The molecule has 0 aromatic heterocycles. The summed E-state index contributed by atoms with van der Waals surface area (Å²) >= 11 is 0. The number of hydrogen-bond donors (Lipinski definition) is 2. The molecule has 0 bridgehead atoms. The highest BCUT2D eigenvalue weighted by Crippen LogP contribution is 2.26. The van der Waals surface area contributed by atoms with Gasteiger partial charge in [0.25, 0.3) is 0 Å². The van der Waals surface area contributed by atoms with Gasteiger partial charge in [-0.05, 0) is 39.0 Å². The van der Waals surface area contributed by atoms with Gasteiger partial charge in [-0.15, -0.1) is 24.8 Å². The van der Waals surface area contributed by atoms with E-state index in [1.807, 2.05) is 11.8 Å². The molecule has 0 aromatic rings. The second kappa shape index (κ2) is 9.22. The summed E-state index contributed by atoms with van der Waals surface area (Å²) in [7, 11) is 0. The lowest BCUT2D eigenvalue weighted by Crippen LogP contribution is -2.55. The van der Waals surface area contributed by atoms with E-state index >= 15 is 0 Å². The van der Waals surface area contributed by atoms with Gasteiger partial charge in [0.1, 0.15) is 0 Å². The second-order valence-electron chi connectivity index (χ2n) is 7.09. The Morgan fingerprint density at radius 2 is 1.67 bits per heavy atom. The lowest BCUT2D eigenvalue weighted by Gasteiger charge is -2.38. The minimum Gasteiger partial charge on any atom is -0.352 e. The van der Waals surface area contributed by atoms with Crippen LogP contribution in [0.3, 0.4) is 0 Å². The van der Waals surface area contributed by atoms with E-state index in [4.69, 9.17) is 5.73 Å². The summed E-state index contributed by atoms with van der Waals surface area (Å²) < 4.78 is 0. The molecule has 140 valence electrons. The van der Waals surface area contributed by atoms with Gasteiger partial charge in [0.05, 0.1) is 6.04 Å². The third-order valence-corrected chi connectivity index (χ3v) is 5.30. The number of piperazine rings is 1. The van der Waals surface area contributed by atoms with Crippen LogP contribution in [0.25, 0.3) is 0 Å². The van der Waals surface area contributed by atoms with Crippen molar-refractivity contribution in [3.63, 3.8) is 0 Å². The maximum atomic E-state index is 12.5. The van der Waals surface area contributed by atoms with Gasteiger partial charge in [-0.1, -0.05) is 0 Å². The normalized spacial score (nSPS) is 28.5. The van der Waals surface area contributed by atoms with Gasteiger partial charge >= 0.3 is 0 Å². The minimum atomic E-state index is -0.0993. The Morgan fingerprint density at radius 3 is 2.17 bits per heavy atom. The fraction of sp³-hybridized carbons (Fsp3) is 0.875. The van der Waals surface area contributed by atoms with Crippen molar-refractivity contribution in [1.29, 1.82) is 0 Å². The standard InChI is InChI=1S/C16H28N4O2.2ClH/c1-11(15(21)18-14-4-5-14)19-6-8-20(9-7-19)16(22)12-2-3-13(17)10-12;;/h11-14H,2-10,17H2,1H3,(H,18,21);2*1H. The van der Waals surface area contributed by atoms with E-state index in [0.717, 1.165) is 58.3 Å². The maximum absolute atomic E-state index is 12.5. The smallest absolute Gasteiger partial charge is 0.237 e. The molecule has 1 heterocycles. The van der Waals surface area contributed by atoms with Gasteiger partial charge in [0.15, 0.2) is 0 Å². The Morgan fingerprint density at radius 1 is 1.04 bits per heavy atom. The fourth-order valence-electron chi connectivity index (χ4n) is 3.54. The monoisotopic (exact) mass is 380 g/mol. The molecular formula is C16H30Cl2N4O2. The number of nitrogens with zero attached hydrogens (tertiary/aromatic N) is 2. The number of carbonyl (C=O) groups is 2. The molecule has 2 saturated carbocycles. The molecule has 3 rings (SSSR count). The van der Waals surface area contributed by atoms with Crippen LogP contribution in [0, 0.1) is 5.92 Å². The van der Waals surface area contributed by atoms with Gasteiger partial charge in [0.2, 0.25) is 11.8 Å². The average molecular weight is 381 g/mol. The van der Waals surface area contributed by atoms with Crippen LogP contribution in [0.2, 0.25) is 0 Å². The van der Waals surface area contributed by atoms with E-state index in [-0.39, 0.29) is 54.6 Å². The highest BCUT2D eigenvalue weighted by Gasteiger charge is 2.34. The number of amides is 2. The SMILES string of the molecule is CC(C(=O)NC1CC1)N1CCN(C(=O)C2CCC(N)C2)CC1.Cl.Cl. The molecule has 0 radical (unpaired) electrons. The fourth-order valence-corrected chi connectivity index (χ4v) is 3.54. The van der Waals surface area contributed by atoms with E-state index in [1.165, 1.54) is 0 Å². The highest BCUT2D eigenvalue weighted by atomic mass is 35.5. The van der Waals surface area contributed by atoms with E-state index in [1.54, 1.807) is 0 Å². The van der Waals surface area contributed by atoms with Crippen molar-refractivity contribution in [2.24, 2.45) is 11.7 Å². The maximum Gasteiger partial charge on any atom is 0.237 e. The van der Waals surface area contributed by atoms with Crippen LogP contribution in [-0.4, -0.2) is 65.9 Å². The molecule has 3 unspecified atom stereocenters. The van der Waals surface area contributed by atoms with Crippen LogP contribution in [0.15, 0.2) is 0 Å². The van der Waals surface area contributed by atoms with Gasteiger partial charge < -0.3 is 16.0 Å². The number of nitrogens with two attached hydrogens (primary N) is 1. The number of rotatable bonds is 4. The van der Waals surface area contributed by atoms with Crippen molar-refractivity contribution in [2.75, 3.05) is 26.2 Å². The number of halogens is 2. The molecule has 2 amide bonds. The van der Waals surface area contributed by atoms with Crippen LogP contribution in [0.1, 0.15) is 39.0 Å². The largest absolute Gasteiger partial charge is 0.352 e. The Kier molecular flexibility index (Phi) is 8.26. The quantitative estimate of drug-likeness (QED) is 0.754. The molecule has 6 nitrogen and oxygen atoms in total. The lowest BCUT2D eigenvalue weighted by molar-refractivity contribution is -0.138.